The van der Waals surface area contributed by atoms with Crippen molar-refractivity contribution in [2.45, 2.75) is 32.1 Å². The fourth-order valence-electron chi connectivity index (χ4n) is 1.55. The van der Waals surface area contributed by atoms with E-state index in [2.05, 4.69) is 15.5 Å². The average Bonchev–Trinajstić information content (AvgIpc) is 2.84. The summed E-state index contributed by atoms with van der Waals surface area (Å²) in [6, 6.07) is 7.25. The molecule has 1 heterocycles. The van der Waals surface area contributed by atoms with Crippen LogP contribution in [0.15, 0.2) is 33.9 Å². The fraction of sp³-hybridized carbons (Fsp3) is 0.357. The van der Waals surface area contributed by atoms with Crippen LogP contribution in [0.25, 0.3) is 0 Å². The number of carbonyl (C=O) groups is 1. The maximum atomic E-state index is 11.8. The van der Waals surface area contributed by atoms with Crippen molar-refractivity contribution in [2.75, 3.05) is 11.1 Å². The maximum absolute atomic E-state index is 11.8. The van der Waals surface area contributed by atoms with Gasteiger partial charge in [0.15, 0.2) is 0 Å². The van der Waals surface area contributed by atoms with Crippen molar-refractivity contribution in [1.82, 2.24) is 10.2 Å². The smallest absolute Gasteiger partial charge is 0.277 e. The van der Waals surface area contributed by atoms with Gasteiger partial charge in [0.2, 0.25) is 11.8 Å². The number of benzene rings is 1. The number of carbonyl (C=O) groups excluding carboxylic acids is 1. The summed E-state index contributed by atoms with van der Waals surface area (Å²) in [5, 5.41) is 10.7. The Kier molecular flexibility index (Phi) is 5.21. The molecule has 2 rings (SSSR count). The van der Waals surface area contributed by atoms with Gasteiger partial charge in [-0.2, -0.15) is 0 Å². The molecule has 1 N–H and O–H groups in total. The Labute approximate surface area is 127 Å². The van der Waals surface area contributed by atoms with E-state index in [1.54, 1.807) is 19.1 Å². The summed E-state index contributed by atoms with van der Waals surface area (Å²) >= 11 is 1.20. The molecule has 1 amide bonds. The second kappa shape index (κ2) is 7.12. The lowest BCUT2D eigenvalue weighted by Gasteiger charge is -2.10. The van der Waals surface area contributed by atoms with Crippen LogP contribution >= 0.6 is 11.8 Å². The molecular weight excluding hydrogens is 290 g/mol. The van der Waals surface area contributed by atoms with E-state index in [-0.39, 0.29) is 17.8 Å². The van der Waals surface area contributed by atoms with Crippen LogP contribution < -0.4 is 10.1 Å². The SMILES string of the molecule is Cc1nnc(SCC(=O)Nc2ccc(OC(C)C)cc2)o1. The Balaban J connectivity index is 1.82. The van der Waals surface area contributed by atoms with Crippen LogP contribution in [0.1, 0.15) is 19.7 Å². The molecule has 0 spiro atoms. The van der Waals surface area contributed by atoms with E-state index in [0.717, 1.165) is 11.4 Å². The lowest BCUT2D eigenvalue weighted by Crippen LogP contribution is -2.14. The van der Waals surface area contributed by atoms with Crippen molar-refractivity contribution >= 4 is 23.4 Å². The van der Waals surface area contributed by atoms with Crippen molar-refractivity contribution in [2.24, 2.45) is 0 Å². The van der Waals surface area contributed by atoms with Crippen LogP contribution in [-0.4, -0.2) is 28.0 Å². The van der Waals surface area contributed by atoms with Gasteiger partial charge in [0.25, 0.3) is 5.22 Å². The number of aromatic nitrogens is 2. The van der Waals surface area contributed by atoms with Gasteiger partial charge >= 0.3 is 0 Å². The Bertz CT molecular complexity index is 596. The largest absolute Gasteiger partial charge is 0.491 e. The van der Waals surface area contributed by atoms with E-state index in [4.69, 9.17) is 9.15 Å². The van der Waals surface area contributed by atoms with Gasteiger partial charge in [0, 0.05) is 12.6 Å². The molecule has 0 unspecified atom stereocenters. The topological polar surface area (TPSA) is 77.2 Å². The first-order valence-electron chi connectivity index (χ1n) is 6.52. The summed E-state index contributed by atoms with van der Waals surface area (Å²) in [7, 11) is 0. The summed E-state index contributed by atoms with van der Waals surface area (Å²) < 4.78 is 10.7. The van der Waals surface area contributed by atoms with Crippen LogP contribution in [0, 0.1) is 6.92 Å². The van der Waals surface area contributed by atoms with Crippen molar-refractivity contribution < 1.29 is 13.9 Å². The molecule has 0 aliphatic rings. The third-order valence-electron chi connectivity index (χ3n) is 2.34. The zero-order chi connectivity index (χ0) is 15.2. The first-order chi connectivity index (χ1) is 10.0. The zero-order valence-corrected chi connectivity index (χ0v) is 12.9. The number of rotatable bonds is 6. The minimum absolute atomic E-state index is 0.125. The number of hydrogen-bond donors (Lipinski definition) is 1. The second-order valence-corrected chi connectivity index (χ2v) is 5.54. The van der Waals surface area contributed by atoms with Gasteiger partial charge < -0.3 is 14.5 Å². The third-order valence-corrected chi connectivity index (χ3v) is 3.16. The molecule has 6 nitrogen and oxygen atoms in total. The summed E-state index contributed by atoms with van der Waals surface area (Å²) in [4.78, 5) is 11.8. The highest BCUT2D eigenvalue weighted by atomic mass is 32.2. The first kappa shape index (κ1) is 15.4. The van der Waals surface area contributed by atoms with Gasteiger partial charge in [0.1, 0.15) is 5.75 Å². The van der Waals surface area contributed by atoms with E-state index < -0.39 is 0 Å². The first-order valence-corrected chi connectivity index (χ1v) is 7.51. The second-order valence-electron chi connectivity index (χ2n) is 4.61. The van der Waals surface area contributed by atoms with Crippen LogP contribution in [0.2, 0.25) is 0 Å². The highest BCUT2D eigenvalue weighted by Gasteiger charge is 2.08. The minimum Gasteiger partial charge on any atom is -0.491 e. The molecule has 0 saturated heterocycles. The van der Waals surface area contributed by atoms with Crippen LogP contribution in [0.5, 0.6) is 5.75 Å². The molecule has 112 valence electrons. The minimum atomic E-state index is -0.131. The third kappa shape index (κ3) is 5.11. The normalized spacial score (nSPS) is 10.7. The van der Waals surface area contributed by atoms with E-state index >= 15 is 0 Å². The summed E-state index contributed by atoms with van der Waals surface area (Å²) in [6.45, 7) is 5.64. The Morgan fingerprint density at radius 2 is 2.05 bits per heavy atom. The van der Waals surface area contributed by atoms with Gasteiger partial charge in [-0.3, -0.25) is 4.79 Å². The lowest BCUT2D eigenvalue weighted by molar-refractivity contribution is -0.113. The predicted molar refractivity (Wildman–Crippen MR) is 80.6 cm³/mol. The Morgan fingerprint density at radius 1 is 1.33 bits per heavy atom. The fourth-order valence-corrected chi connectivity index (χ4v) is 2.15. The van der Waals surface area contributed by atoms with Gasteiger partial charge in [-0.1, -0.05) is 11.8 Å². The van der Waals surface area contributed by atoms with Crippen LogP contribution in [0.4, 0.5) is 5.69 Å². The monoisotopic (exact) mass is 307 g/mol. The van der Waals surface area contributed by atoms with Gasteiger partial charge in [-0.25, -0.2) is 0 Å². The van der Waals surface area contributed by atoms with Crippen molar-refractivity contribution in [3.63, 3.8) is 0 Å². The molecule has 0 aliphatic carbocycles. The van der Waals surface area contributed by atoms with Crippen molar-refractivity contribution in [3.05, 3.63) is 30.2 Å². The molecule has 0 bridgehead atoms. The average molecular weight is 307 g/mol. The molecule has 1 aromatic heterocycles. The molecular formula is C14H17N3O3S. The highest BCUT2D eigenvalue weighted by Crippen LogP contribution is 2.19. The summed E-state index contributed by atoms with van der Waals surface area (Å²) in [5.74, 6) is 1.34. The van der Waals surface area contributed by atoms with E-state index in [1.807, 2.05) is 26.0 Å². The van der Waals surface area contributed by atoms with Gasteiger partial charge in [0.05, 0.1) is 11.9 Å². The van der Waals surface area contributed by atoms with Gasteiger partial charge in [-0.15, -0.1) is 10.2 Å². The van der Waals surface area contributed by atoms with Crippen LogP contribution in [-0.2, 0) is 4.79 Å². The molecule has 0 fully saturated rings. The summed E-state index contributed by atoms with van der Waals surface area (Å²) in [6.07, 6.45) is 0.125. The number of thioether (sulfide) groups is 1. The zero-order valence-electron chi connectivity index (χ0n) is 12.1. The van der Waals surface area contributed by atoms with E-state index in [1.165, 1.54) is 11.8 Å². The molecule has 0 atom stereocenters. The standard InChI is InChI=1S/C14H17N3O3S/c1-9(2)19-12-6-4-11(5-7-12)15-13(18)8-21-14-17-16-10(3)20-14/h4-7,9H,8H2,1-3H3,(H,15,18). The number of amides is 1. The number of nitrogens with zero attached hydrogens (tertiary/aromatic N) is 2. The predicted octanol–water partition coefficient (Wildman–Crippen LogP) is 2.90. The van der Waals surface area contributed by atoms with E-state index in [0.29, 0.717) is 11.1 Å². The molecule has 0 saturated carbocycles. The Morgan fingerprint density at radius 3 is 2.62 bits per heavy atom. The van der Waals surface area contributed by atoms with Crippen molar-refractivity contribution in [3.8, 4) is 5.75 Å². The number of hydrogen-bond acceptors (Lipinski definition) is 6. The number of aryl methyl sites for hydroxylation is 1. The maximum Gasteiger partial charge on any atom is 0.277 e. The molecule has 21 heavy (non-hydrogen) atoms. The van der Waals surface area contributed by atoms with Gasteiger partial charge in [-0.05, 0) is 38.1 Å². The molecule has 7 heteroatoms. The number of ether oxygens (including phenoxy) is 1. The highest BCUT2D eigenvalue weighted by molar-refractivity contribution is 7.99. The van der Waals surface area contributed by atoms with Crippen molar-refractivity contribution in [1.29, 1.82) is 0 Å². The van der Waals surface area contributed by atoms with E-state index in [9.17, 15) is 4.79 Å². The quantitative estimate of drug-likeness (QED) is 0.827. The number of nitrogens with one attached hydrogen (secondary N) is 1. The lowest BCUT2D eigenvalue weighted by atomic mass is 10.3. The Hall–Kier alpha value is -2.02. The molecule has 1 aromatic carbocycles. The number of anilines is 1. The molecule has 0 radical (unpaired) electrons. The summed E-state index contributed by atoms with van der Waals surface area (Å²) in [5.41, 5.74) is 0.721. The molecule has 2 aromatic rings. The van der Waals surface area contributed by atoms with Crippen LogP contribution in [0.3, 0.4) is 0 Å². The molecule has 0 aliphatic heterocycles.